The minimum atomic E-state index is -0.867. The third-order valence-corrected chi connectivity index (χ3v) is 4.82. The van der Waals surface area contributed by atoms with Gasteiger partial charge in [0.2, 0.25) is 0 Å². The molecule has 1 atom stereocenters. The number of imide groups is 1. The van der Waals surface area contributed by atoms with Crippen molar-refractivity contribution < 1.29 is 9.59 Å². The first-order chi connectivity index (χ1) is 11.7. The van der Waals surface area contributed by atoms with Crippen molar-refractivity contribution in [2.45, 2.75) is 18.4 Å². The first-order valence-corrected chi connectivity index (χ1v) is 8.15. The lowest BCUT2D eigenvalue weighted by Gasteiger charge is -2.22. The number of amides is 3. The van der Waals surface area contributed by atoms with Gasteiger partial charge < -0.3 is 5.32 Å². The Morgan fingerprint density at radius 3 is 2.62 bits per heavy atom. The lowest BCUT2D eigenvalue weighted by atomic mass is 9.92. The van der Waals surface area contributed by atoms with E-state index in [1.807, 2.05) is 66.7 Å². The number of benzene rings is 2. The first kappa shape index (κ1) is 14.7. The Balaban J connectivity index is 1.56. The Morgan fingerprint density at radius 2 is 1.79 bits per heavy atom. The molecule has 1 spiro atoms. The normalized spacial score (nSPS) is 22.4. The van der Waals surface area contributed by atoms with Crippen LogP contribution < -0.4 is 5.32 Å². The average molecular weight is 318 g/mol. The number of carbonyl (C=O) groups excluding carboxylic acids is 2. The van der Waals surface area contributed by atoms with Gasteiger partial charge in [-0.25, -0.2) is 4.79 Å². The molecule has 0 unspecified atom stereocenters. The fourth-order valence-corrected chi connectivity index (χ4v) is 3.61. The fraction of sp³-hybridized carbons (Fsp3) is 0.200. The van der Waals surface area contributed by atoms with E-state index in [4.69, 9.17) is 0 Å². The quantitative estimate of drug-likeness (QED) is 0.884. The van der Waals surface area contributed by atoms with Gasteiger partial charge in [-0.3, -0.25) is 9.69 Å². The lowest BCUT2D eigenvalue weighted by molar-refractivity contribution is -0.131. The zero-order valence-electron chi connectivity index (χ0n) is 13.2. The van der Waals surface area contributed by atoms with Crippen LogP contribution in [0.4, 0.5) is 4.79 Å². The maximum Gasteiger partial charge on any atom is 0.325 e. The molecular weight excluding hydrogens is 300 g/mol. The fourth-order valence-electron chi connectivity index (χ4n) is 3.61. The number of urea groups is 1. The number of carbonyl (C=O) groups is 2. The van der Waals surface area contributed by atoms with Crippen LogP contribution in [0.3, 0.4) is 0 Å². The molecule has 4 rings (SSSR count). The van der Waals surface area contributed by atoms with Crippen molar-refractivity contribution in [1.82, 2.24) is 10.2 Å². The van der Waals surface area contributed by atoms with Gasteiger partial charge in [-0.05, 0) is 29.5 Å². The molecule has 2 aromatic rings. The van der Waals surface area contributed by atoms with Crippen LogP contribution in [0, 0.1) is 0 Å². The van der Waals surface area contributed by atoms with Crippen LogP contribution in [0.15, 0.2) is 60.7 Å². The molecule has 2 aromatic carbocycles. The van der Waals surface area contributed by atoms with Gasteiger partial charge in [0.15, 0.2) is 0 Å². The van der Waals surface area contributed by atoms with Crippen LogP contribution in [0.5, 0.6) is 0 Å². The SMILES string of the molecule is O=C1N[C@@]2(CCc3ccccc32)C(=O)N1C/C=C\c1ccccc1. The lowest BCUT2D eigenvalue weighted by Crippen LogP contribution is -2.41. The monoisotopic (exact) mass is 318 g/mol. The minimum absolute atomic E-state index is 0.143. The largest absolute Gasteiger partial charge is 0.325 e. The van der Waals surface area contributed by atoms with E-state index in [0.717, 1.165) is 23.1 Å². The number of fused-ring (bicyclic) bond motifs is 2. The summed E-state index contributed by atoms with van der Waals surface area (Å²) >= 11 is 0. The highest BCUT2D eigenvalue weighted by Gasteiger charge is 2.54. The molecule has 24 heavy (non-hydrogen) atoms. The summed E-state index contributed by atoms with van der Waals surface area (Å²) in [7, 11) is 0. The highest BCUT2D eigenvalue weighted by molar-refractivity contribution is 6.08. The molecule has 120 valence electrons. The van der Waals surface area contributed by atoms with Crippen LogP contribution in [0.1, 0.15) is 23.1 Å². The molecular formula is C20H18N2O2. The van der Waals surface area contributed by atoms with E-state index in [1.54, 1.807) is 0 Å². The van der Waals surface area contributed by atoms with Gasteiger partial charge in [0.1, 0.15) is 5.54 Å². The molecule has 1 saturated heterocycles. The average Bonchev–Trinajstić information content (AvgIpc) is 3.09. The standard InChI is InChI=1S/C20H18N2O2/c23-18-20(13-12-16-10-4-5-11-17(16)20)21-19(24)22(18)14-6-9-15-7-2-1-3-8-15/h1-11H,12-14H2,(H,21,24)/b9-6-/t20-/m1/s1. The van der Waals surface area contributed by atoms with E-state index in [0.29, 0.717) is 6.42 Å². The van der Waals surface area contributed by atoms with Gasteiger partial charge in [-0.15, -0.1) is 0 Å². The number of nitrogens with one attached hydrogen (secondary N) is 1. The van der Waals surface area contributed by atoms with Gasteiger partial charge in [-0.1, -0.05) is 66.7 Å². The second-order valence-electron chi connectivity index (χ2n) is 6.22. The molecule has 1 N–H and O–H groups in total. The number of hydrogen-bond donors (Lipinski definition) is 1. The highest BCUT2D eigenvalue weighted by Crippen LogP contribution is 2.41. The minimum Gasteiger partial charge on any atom is -0.319 e. The topological polar surface area (TPSA) is 49.4 Å². The molecule has 0 saturated carbocycles. The molecule has 1 heterocycles. The van der Waals surface area contributed by atoms with Crippen LogP contribution in [0.25, 0.3) is 6.08 Å². The summed E-state index contributed by atoms with van der Waals surface area (Å²) in [5, 5.41) is 2.94. The van der Waals surface area contributed by atoms with Crippen molar-refractivity contribution in [2.75, 3.05) is 6.54 Å². The molecule has 1 aliphatic heterocycles. The first-order valence-electron chi connectivity index (χ1n) is 8.15. The highest BCUT2D eigenvalue weighted by atomic mass is 16.2. The van der Waals surface area contributed by atoms with E-state index >= 15 is 0 Å². The predicted octanol–water partition coefficient (Wildman–Crippen LogP) is 3.09. The Kier molecular flexibility index (Phi) is 3.45. The Labute approximate surface area is 140 Å². The summed E-state index contributed by atoms with van der Waals surface area (Å²) < 4.78 is 0. The zero-order chi connectivity index (χ0) is 16.6. The molecule has 1 aliphatic carbocycles. The van der Waals surface area contributed by atoms with Crippen LogP contribution in [0.2, 0.25) is 0 Å². The summed E-state index contributed by atoms with van der Waals surface area (Å²) in [5.74, 6) is -0.143. The maximum absolute atomic E-state index is 13.0. The molecule has 4 nitrogen and oxygen atoms in total. The smallest absolute Gasteiger partial charge is 0.319 e. The molecule has 2 aliphatic rings. The summed E-state index contributed by atoms with van der Waals surface area (Å²) in [4.78, 5) is 26.6. The van der Waals surface area contributed by atoms with Gasteiger partial charge >= 0.3 is 6.03 Å². The van der Waals surface area contributed by atoms with Crippen LogP contribution >= 0.6 is 0 Å². The predicted molar refractivity (Wildman–Crippen MR) is 92.2 cm³/mol. The third kappa shape index (κ3) is 2.22. The van der Waals surface area contributed by atoms with Crippen molar-refractivity contribution in [3.05, 3.63) is 77.4 Å². The van der Waals surface area contributed by atoms with Crippen molar-refractivity contribution in [2.24, 2.45) is 0 Å². The zero-order valence-corrected chi connectivity index (χ0v) is 13.2. The summed E-state index contributed by atoms with van der Waals surface area (Å²) in [6, 6.07) is 17.4. The van der Waals surface area contributed by atoms with E-state index in [-0.39, 0.29) is 18.5 Å². The maximum atomic E-state index is 13.0. The second-order valence-corrected chi connectivity index (χ2v) is 6.22. The van der Waals surface area contributed by atoms with Crippen LogP contribution in [-0.4, -0.2) is 23.4 Å². The number of aryl methyl sites for hydroxylation is 1. The van der Waals surface area contributed by atoms with Crippen LogP contribution in [-0.2, 0) is 16.8 Å². The number of rotatable bonds is 3. The Bertz CT molecular complexity index is 829. The molecule has 1 fully saturated rings. The second kappa shape index (κ2) is 5.64. The molecule has 0 bridgehead atoms. The summed E-state index contributed by atoms with van der Waals surface area (Å²) in [5.41, 5.74) is 2.27. The Hall–Kier alpha value is -2.88. The van der Waals surface area contributed by atoms with Crippen molar-refractivity contribution >= 4 is 18.0 Å². The van der Waals surface area contributed by atoms with Gasteiger partial charge in [-0.2, -0.15) is 0 Å². The van der Waals surface area contributed by atoms with Crippen molar-refractivity contribution in [3.63, 3.8) is 0 Å². The summed E-state index contributed by atoms with van der Waals surface area (Å²) in [6.07, 6.45) is 5.23. The van der Waals surface area contributed by atoms with Crippen molar-refractivity contribution in [1.29, 1.82) is 0 Å². The number of hydrogen-bond acceptors (Lipinski definition) is 2. The van der Waals surface area contributed by atoms with Crippen molar-refractivity contribution in [3.8, 4) is 0 Å². The van der Waals surface area contributed by atoms with E-state index in [1.165, 1.54) is 4.90 Å². The summed E-state index contributed by atoms with van der Waals surface area (Å²) in [6.45, 7) is 0.281. The molecule has 4 heteroatoms. The van der Waals surface area contributed by atoms with Gasteiger partial charge in [0.25, 0.3) is 5.91 Å². The third-order valence-electron chi connectivity index (χ3n) is 4.82. The van der Waals surface area contributed by atoms with E-state index in [9.17, 15) is 9.59 Å². The van der Waals surface area contributed by atoms with Gasteiger partial charge in [0, 0.05) is 6.54 Å². The molecule has 0 radical (unpaired) electrons. The molecule has 0 aromatic heterocycles. The molecule has 3 amide bonds. The number of nitrogens with zero attached hydrogens (tertiary/aromatic N) is 1. The van der Waals surface area contributed by atoms with E-state index in [2.05, 4.69) is 5.32 Å². The van der Waals surface area contributed by atoms with Gasteiger partial charge in [0.05, 0.1) is 0 Å². The van der Waals surface area contributed by atoms with E-state index < -0.39 is 5.54 Å². The Morgan fingerprint density at radius 1 is 1.04 bits per heavy atom.